The van der Waals surface area contributed by atoms with Crippen molar-refractivity contribution in [3.63, 3.8) is 0 Å². The highest BCUT2D eigenvalue weighted by atomic mass is 35.5. The molecule has 0 saturated carbocycles. The molecule has 6 heteroatoms. The SMILES string of the molecule is Cc1cccc(N2CCN(C(=O)NCc3ccccc3F)CC2)c1C.Cl. The molecule has 4 nitrogen and oxygen atoms in total. The zero-order chi connectivity index (χ0) is 17.8. The number of nitrogens with one attached hydrogen (secondary N) is 1. The lowest BCUT2D eigenvalue weighted by atomic mass is 10.1. The van der Waals surface area contributed by atoms with E-state index in [0.717, 1.165) is 13.1 Å². The first-order valence-electron chi connectivity index (χ1n) is 8.63. The molecule has 0 radical (unpaired) electrons. The van der Waals surface area contributed by atoms with Crippen molar-refractivity contribution in [1.29, 1.82) is 0 Å². The van der Waals surface area contributed by atoms with Crippen molar-refractivity contribution in [2.24, 2.45) is 0 Å². The summed E-state index contributed by atoms with van der Waals surface area (Å²) in [4.78, 5) is 16.4. The van der Waals surface area contributed by atoms with Crippen molar-refractivity contribution in [3.05, 3.63) is 65.0 Å². The Morgan fingerprint density at radius 1 is 1.04 bits per heavy atom. The number of nitrogens with zero attached hydrogens (tertiary/aromatic N) is 2. The number of benzene rings is 2. The molecule has 140 valence electrons. The number of aryl methyl sites for hydroxylation is 1. The van der Waals surface area contributed by atoms with Gasteiger partial charge in [0.05, 0.1) is 0 Å². The molecule has 1 aliphatic heterocycles. The summed E-state index contributed by atoms with van der Waals surface area (Å²) < 4.78 is 13.6. The molecule has 0 atom stereocenters. The second-order valence-electron chi connectivity index (χ2n) is 6.44. The Morgan fingerprint density at radius 3 is 2.42 bits per heavy atom. The molecule has 2 aromatic rings. The first kappa shape index (κ1) is 20.0. The minimum absolute atomic E-state index is 0. The summed E-state index contributed by atoms with van der Waals surface area (Å²) in [5.74, 6) is -0.289. The van der Waals surface area contributed by atoms with Crippen molar-refractivity contribution in [2.45, 2.75) is 20.4 Å². The predicted octanol–water partition coefficient (Wildman–Crippen LogP) is 3.90. The van der Waals surface area contributed by atoms with Gasteiger partial charge < -0.3 is 15.1 Å². The number of urea groups is 1. The van der Waals surface area contributed by atoms with Crippen LogP contribution in [0, 0.1) is 19.7 Å². The molecular weight excluding hydrogens is 353 g/mol. The monoisotopic (exact) mass is 377 g/mol. The Labute approximate surface area is 160 Å². The number of carbonyl (C=O) groups excluding carboxylic acids is 1. The first-order chi connectivity index (χ1) is 12.1. The lowest BCUT2D eigenvalue weighted by Crippen LogP contribution is -2.51. The Kier molecular flexibility index (Phi) is 6.86. The topological polar surface area (TPSA) is 35.6 Å². The van der Waals surface area contributed by atoms with E-state index in [9.17, 15) is 9.18 Å². The second kappa shape index (κ2) is 8.90. The molecule has 0 aliphatic carbocycles. The lowest BCUT2D eigenvalue weighted by molar-refractivity contribution is 0.194. The number of anilines is 1. The molecule has 0 bridgehead atoms. The van der Waals surface area contributed by atoms with E-state index in [-0.39, 0.29) is 30.8 Å². The van der Waals surface area contributed by atoms with E-state index in [4.69, 9.17) is 0 Å². The number of carbonyl (C=O) groups is 1. The van der Waals surface area contributed by atoms with Crippen molar-refractivity contribution < 1.29 is 9.18 Å². The van der Waals surface area contributed by atoms with E-state index >= 15 is 0 Å². The summed E-state index contributed by atoms with van der Waals surface area (Å²) in [7, 11) is 0. The maximum atomic E-state index is 13.6. The van der Waals surface area contributed by atoms with E-state index in [1.165, 1.54) is 22.9 Å². The summed E-state index contributed by atoms with van der Waals surface area (Å²) in [6.07, 6.45) is 0. The van der Waals surface area contributed by atoms with Gasteiger partial charge in [-0.1, -0.05) is 30.3 Å². The van der Waals surface area contributed by atoms with Crippen molar-refractivity contribution in [3.8, 4) is 0 Å². The van der Waals surface area contributed by atoms with Crippen LogP contribution in [0.2, 0.25) is 0 Å². The Balaban J connectivity index is 0.00000243. The molecule has 1 saturated heterocycles. The van der Waals surface area contributed by atoms with Gasteiger partial charge >= 0.3 is 6.03 Å². The van der Waals surface area contributed by atoms with Gasteiger partial charge in [0, 0.05) is 44.0 Å². The van der Waals surface area contributed by atoms with Crippen LogP contribution in [-0.2, 0) is 6.54 Å². The van der Waals surface area contributed by atoms with E-state index in [2.05, 4.69) is 42.3 Å². The van der Waals surface area contributed by atoms with Crippen molar-refractivity contribution >= 4 is 24.1 Å². The first-order valence-corrected chi connectivity index (χ1v) is 8.63. The fraction of sp³-hybridized carbons (Fsp3) is 0.350. The Bertz CT molecular complexity index is 760. The maximum absolute atomic E-state index is 13.6. The average Bonchev–Trinajstić information content (AvgIpc) is 2.63. The van der Waals surface area contributed by atoms with Crippen LogP contribution >= 0.6 is 12.4 Å². The molecule has 2 aromatic carbocycles. The van der Waals surface area contributed by atoms with Gasteiger partial charge in [-0.3, -0.25) is 0 Å². The highest BCUT2D eigenvalue weighted by Crippen LogP contribution is 2.23. The summed E-state index contributed by atoms with van der Waals surface area (Å²) in [6, 6.07) is 12.7. The van der Waals surface area contributed by atoms with E-state index in [0.29, 0.717) is 18.7 Å². The average molecular weight is 378 g/mol. The van der Waals surface area contributed by atoms with Crippen LogP contribution in [0.15, 0.2) is 42.5 Å². The van der Waals surface area contributed by atoms with Crippen LogP contribution in [0.3, 0.4) is 0 Å². The predicted molar refractivity (Wildman–Crippen MR) is 106 cm³/mol. The van der Waals surface area contributed by atoms with Gasteiger partial charge in [-0.2, -0.15) is 0 Å². The molecule has 0 aromatic heterocycles. The maximum Gasteiger partial charge on any atom is 0.317 e. The molecule has 0 spiro atoms. The van der Waals surface area contributed by atoms with Gasteiger partial charge in [0.2, 0.25) is 0 Å². The van der Waals surface area contributed by atoms with E-state index < -0.39 is 0 Å². The number of piperazine rings is 1. The third kappa shape index (κ3) is 4.47. The Morgan fingerprint density at radius 2 is 1.73 bits per heavy atom. The second-order valence-corrected chi connectivity index (χ2v) is 6.44. The number of amides is 2. The molecular formula is C20H25ClFN3O. The molecule has 0 unspecified atom stereocenters. The van der Waals surface area contributed by atoms with Gasteiger partial charge in [0.15, 0.2) is 0 Å². The zero-order valence-electron chi connectivity index (χ0n) is 15.2. The molecule has 1 aliphatic rings. The van der Waals surface area contributed by atoms with Crippen LogP contribution in [0.4, 0.5) is 14.9 Å². The highest BCUT2D eigenvalue weighted by molar-refractivity contribution is 5.85. The lowest BCUT2D eigenvalue weighted by Gasteiger charge is -2.37. The number of hydrogen-bond acceptors (Lipinski definition) is 2. The molecule has 26 heavy (non-hydrogen) atoms. The van der Waals surface area contributed by atoms with Gasteiger partial charge in [-0.05, 0) is 37.1 Å². The Hall–Kier alpha value is -2.27. The van der Waals surface area contributed by atoms with Crippen molar-refractivity contribution in [1.82, 2.24) is 10.2 Å². The number of hydrogen-bond donors (Lipinski definition) is 1. The van der Waals surface area contributed by atoms with Crippen molar-refractivity contribution in [2.75, 3.05) is 31.1 Å². The minimum Gasteiger partial charge on any atom is -0.368 e. The standard InChI is InChI=1S/C20H24FN3O.ClH/c1-15-6-5-9-19(16(15)2)23-10-12-24(13-11-23)20(25)22-14-17-7-3-4-8-18(17)21;/h3-9H,10-14H2,1-2H3,(H,22,25);1H. The largest absolute Gasteiger partial charge is 0.368 e. The van der Waals surface area contributed by atoms with E-state index in [1.54, 1.807) is 23.1 Å². The quantitative estimate of drug-likeness (QED) is 0.880. The van der Waals surface area contributed by atoms with Gasteiger partial charge in [-0.25, -0.2) is 9.18 Å². The third-order valence-corrected chi connectivity index (χ3v) is 4.87. The number of halogens is 2. The molecule has 1 fully saturated rings. The zero-order valence-corrected chi connectivity index (χ0v) is 16.0. The number of rotatable bonds is 3. The molecule has 3 rings (SSSR count). The third-order valence-electron chi connectivity index (χ3n) is 4.87. The summed E-state index contributed by atoms with van der Waals surface area (Å²) in [5, 5.41) is 2.81. The van der Waals surface area contributed by atoms with Crippen LogP contribution < -0.4 is 10.2 Å². The van der Waals surface area contributed by atoms with Crippen LogP contribution in [0.1, 0.15) is 16.7 Å². The minimum atomic E-state index is -0.289. The molecule has 1 N–H and O–H groups in total. The fourth-order valence-electron chi connectivity index (χ4n) is 3.15. The van der Waals surface area contributed by atoms with Crippen LogP contribution in [-0.4, -0.2) is 37.1 Å². The van der Waals surface area contributed by atoms with Crippen LogP contribution in [0.25, 0.3) is 0 Å². The van der Waals surface area contributed by atoms with E-state index in [1.807, 2.05) is 0 Å². The van der Waals surface area contributed by atoms with Gasteiger partial charge in [0.1, 0.15) is 5.82 Å². The van der Waals surface area contributed by atoms with Gasteiger partial charge in [-0.15, -0.1) is 12.4 Å². The van der Waals surface area contributed by atoms with Gasteiger partial charge in [0.25, 0.3) is 0 Å². The fourth-order valence-corrected chi connectivity index (χ4v) is 3.15. The van der Waals surface area contributed by atoms with Crippen LogP contribution in [0.5, 0.6) is 0 Å². The smallest absolute Gasteiger partial charge is 0.317 e. The summed E-state index contributed by atoms with van der Waals surface area (Å²) in [6.45, 7) is 7.40. The highest BCUT2D eigenvalue weighted by Gasteiger charge is 2.22. The molecule has 1 heterocycles. The summed E-state index contributed by atoms with van der Waals surface area (Å²) >= 11 is 0. The normalized spacial score (nSPS) is 14.0. The molecule has 2 amide bonds. The summed E-state index contributed by atoms with van der Waals surface area (Å²) in [5.41, 5.74) is 4.32.